The molecule has 1 aliphatic rings. The maximum atomic E-state index is 13.1. The van der Waals surface area contributed by atoms with Crippen LogP contribution >= 0.6 is 23.2 Å². The number of rotatable bonds is 9. The number of carbonyl (C=O) groups excluding carboxylic acids is 2. The predicted octanol–water partition coefficient (Wildman–Crippen LogP) is 5.21. The largest absolute Gasteiger partial charge is 0.507 e. The van der Waals surface area contributed by atoms with E-state index in [-0.39, 0.29) is 16.4 Å². The van der Waals surface area contributed by atoms with Crippen LogP contribution in [0.25, 0.3) is 5.76 Å². The summed E-state index contributed by atoms with van der Waals surface area (Å²) in [6.07, 6.45) is 0.695. The molecule has 1 atom stereocenters. The molecule has 0 aromatic heterocycles. The Hall–Kier alpha value is -2.54. The van der Waals surface area contributed by atoms with Gasteiger partial charge in [0.05, 0.1) is 21.7 Å². The minimum Gasteiger partial charge on any atom is -0.507 e. The summed E-state index contributed by atoms with van der Waals surface area (Å²) < 4.78 is 0. The fourth-order valence-electron chi connectivity index (χ4n) is 4.27. The van der Waals surface area contributed by atoms with Gasteiger partial charge in [-0.25, -0.2) is 0 Å². The second-order valence-corrected chi connectivity index (χ2v) is 9.36. The maximum Gasteiger partial charge on any atom is 0.295 e. The summed E-state index contributed by atoms with van der Waals surface area (Å²) in [5.41, 5.74) is 2.22. The Kier molecular flexibility index (Phi) is 8.63. The summed E-state index contributed by atoms with van der Waals surface area (Å²) in [5.74, 6) is -1.57. The first-order valence-electron chi connectivity index (χ1n) is 11.4. The Morgan fingerprint density at radius 3 is 2.21 bits per heavy atom. The van der Waals surface area contributed by atoms with Crippen LogP contribution in [0.15, 0.2) is 48.0 Å². The Morgan fingerprint density at radius 2 is 1.65 bits per heavy atom. The van der Waals surface area contributed by atoms with Crippen molar-refractivity contribution in [2.24, 2.45) is 0 Å². The molecule has 2 aromatic carbocycles. The van der Waals surface area contributed by atoms with Crippen molar-refractivity contribution in [2.45, 2.75) is 26.3 Å². The van der Waals surface area contributed by atoms with Gasteiger partial charge in [0.2, 0.25) is 0 Å². The van der Waals surface area contributed by atoms with Crippen molar-refractivity contribution >= 4 is 46.3 Å². The maximum absolute atomic E-state index is 13.1. The van der Waals surface area contributed by atoms with Crippen LogP contribution < -0.4 is 4.90 Å². The molecular weight excluding hydrogens is 473 g/mol. The third-order valence-electron chi connectivity index (χ3n) is 6.07. The summed E-state index contributed by atoms with van der Waals surface area (Å²) >= 11 is 12.2. The quantitative estimate of drug-likeness (QED) is 0.289. The smallest absolute Gasteiger partial charge is 0.295 e. The summed E-state index contributed by atoms with van der Waals surface area (Å²) in [4.78, 5) is 32.0. The van der Waals surface area contributed by atoms with Gasteiger partial charge in [-0.3, -0.25) is 9.59 Å². The Morgan fingerprint density at radius 1 is 1.00 bits per heavy atom. The van der Waals surface area contributed by atoms with Crippen molar-refractivity contribution < 1.29 is 14.7 Å². The molecular formula is C26H31Cl2N3O3. The molecule has 8 heteroatoms. The first kappa shape index (κ1) is 26.1. The van der Waals surface area contributed by atoms with Gasteiger partial charge in [-0.2, -0.15) is 0 Å². The first-order chi connectivity index (χ1) is 16.2. The van der Waals surface area contributed by atoms with Crippen LogP contribution in [0.1, 0.15) is 37.4 Å². The summed E-state index contributed by atoms with van der Waals surface area (Å²) in [5, 5.41) is 11.8. The lowest BCUT2D eigenvalue weighted by atomic mass is 9.95. The third kappa shape index (κ3) is 5.40. The molecule has 0 spiro atoms. The van der Waals surface area contributed by atoms with E-state index in [1.54, 1.807) is 17.0 Å². The fraction of sp³-hybridized carbons (Fsp3) is 0.385. The lowest BCUT2D eigenvalue weighted by Crippen LogP contribution is -2.32. The minimum absolute atomic E-state index is 0.0591. The number of aliphatic hydroxyl groups excluding tert-OH is 1. The van der Waals surface area contributed by atoms with Gasteiger partial charge in [-0.05, 0) is 76.8 Å². The molecule has 6 nitrogen and oxygen atoms in total. The molecule has 0 saturated carbocycles. The van der Waals surface area contributed by atoms with Crippen LogP contribution in [0.5, 0.6) is 0 Å². The Bertz CT molecular complexity index is 1080. The number of hydrogen-bond donors (Lipinski definition) is 1. The molecule has 182 valence electrons. The Balaban J connectivity index is 2.09. The van der Waals surface area contributed by atoms with Gasteiger partial charge in [0.1, 0.15) is 5.76 Å². The molecule has 1 heterocycles. The highest BCUT2D eigenvalue weighted by molar-refractivity contribution is 6.46. The molecule has 1 aliphatic heterocycles. The summed E-state index contributed by atoms with van der Waals surface area (Å²) in [6, 6.07) is 11.8. The molecule has 0 radical (unpaired) electrons. The van der Waals surface area contributed by atoms with Crippen LogP contribution in [-0.2, 0) is 9.59 Å². The zero-order valence-electron chi connectivity index (χ0n) is 20.0. The van der Waals surface area contributed by atoms with Crippen LogP contribution in [-0.4, -0.2) is 66.9 Å². The van der Waals surface area contributed by atoms with Crippen molar-refractivity contribution in [3.63, 3.8) is 0 Å². The topological polar surface area (TPSA) is 64.1 Å². The minimum atomic E-state index is -0.703. The molecule has 1 amide bonds. The van der Waals surface area contributed by atoms with Crippen LogP contribution in [0, 0.1) is 0 Å². The Labute approximate surface area is 211 Å². The van der Waals surface area contributed by atoms with E-state index in [1.165, 1.54) is 6.07 Å². The number of halogens is 2. The van der Waals surface area contributed by atoms with Crippen molar-refractivity contribution in [1.29, 1.82) is 0 Å². The molecule has 1 saturated heterocycles. The van der Waals surface area contributed by atoms with E-state index in [2.05, 4.69) is 18.7 Å². The van der Waals surface area contributed by atoms with Crippen LogP contribution in [0.4, 0.5) is 5.69 Å². The average molecular weight is 504 g/mol. The van der Waals surface area contributed by atoms with E-state index < -0.39 is 17.7 Å². The number of hydrogen-bond acceptors (Lipinski definition) is 5. The third-order valence-corrected chi connectivity index (χ3v) is 6.81. The second kappa shape index (κ2) is 11.3. The number of likely N-dealkylation sites (tertiary alicyclic amines) is 1. The van der Waals surface area contributed by atoms with Crippen molar-refractivity contribution in [2.75, 3.05) is 45.2 Å². The molecule has 34 heavy (non-hydrogen) atoms. The van der Waals surface area contributed by atoms with E-state index in [4.69, 9.17) is 23.2 Å². The normalized spacial score (nSPS) is 17.6. The van der Waals surface area contributed by atoms with Crippen LogP contribution in [0.3, 0.4) is 0 Å². The molecule has 1 fully saturated rings. The van der Waals surface area contributed by atoms with Gasteiger partial charge in [0.25, 0.3) is 11.7 Å². The molecule has 0 aliphatic carbocycles. The predicted molar refractivity (Wildman–Crippen MR) is 139 cm³/mol. The van der Waals surface area contributed by atoms with E-state index in [9.17, 15) is 14.7 Å². The van der Waals surface area contributed by atoms with E-state index in [1.807, 2.05) is 43.3 Å². The lowest BCUT2D eigenvalue weighted by Gasteiger charge is -2.27. The monoisotopic (exact) mass is 503 g/mol. The molecule has 0 bridgehead atoms. The van der Waals surface area contributed by atoms with Crippen molar-refractivity contribution in [1.82, 2.24) is 9.80 Å². The van der Waals surface area contributed by atoms with Crippen LogP contribution in [0.2, 0.25) is 10.0 Å². The summed E-state index contributed by atoms with van der Waals surface area (Å²) in [6.45, 7) is 7.09. The fourth-order valence-corrected chi connectivity index (χ4v) is 4.57. The van der Waals surface area contributed by atoms with Gasteiger partial charge in [-0.15, -0.1) is 0 Å². The number of ketones is 1. The highest BCUT2D eigenvalue weighted by Gasteiger charge is 2.45. The lowest BCUT2D eigenvalue weighted by molar-refractivity contribution is -0.139. The number of aliphatic hydroxyl groups is 1. The van der Waals surface area contributed by atoms with Gasteiger partial charge < -0.3 is 19.8 Å². The number of Topliss-reactive ketones (excluding diaryl/α,β-unsaturated/α-hetero) is 1. The number of carbonyl (C=O) groups is 2. The van der Waals surface area contributed by atoms with Gasteiger partial charge in [0, 0.05) is 30.9 Å². The molecule has 2 aromatic rings. The number of benzene rings is 2. The summed E-state index contributed by atoms with van der Waals surface area (Å²) in [7, 11) is 3.92. The number of amides is 1. The standard InChI is InChI=1S/C26H31Cl2N3O3/c1-5-30(6-2)19-11-8-17(9-12-19)23-22(24(32)18-10-13-20(27)21(28)16-18)25(33)26(34)31(23)15-7-14-29(3)4/h8-13,16,23,32H,5-7,14-15H2,1-4H3/b24-22-. The number of nitrogens with zero attached hydrogens (tertiary/aromatic N) is 3. The molecule has 3 rings (SSSR count). The van der Waals surface area contributed by atoms with Gasteiger partial charge in [-0.1, -0.05) is 35.3 Å². The number of anilines is 1. The highest BCUT2D eigenvalue weighted by atomic mass is 35.5. The highest BCUT2D eigenvalue weighted by Crippen LogP contribution is 2.40. The van der Waals surface area contributed by atoms with E-state index in [0.717, 1.165) is 30.9 Å². The average Bonchev–Trinajstić information content (AvgIpc) is 3.06. The van der Waals surface area contributed by atoms with E-state index >= 15 is 0 Å². The zero-order valence-corrected chi connectivity index (χ0v) is 21.5. The van der Waals surface area contributed by atoms with Crippen molar-refractivity contribution in [3.8, 4) is 0 Å². The zero-order chi connectivity index (χ0) is 25.0. The molecule has 1 unspecified atom stereocenters. The first-order valence-corrected chi connectivity index (χ1v) is 12.2. The van der Waals surface area contributed by atoms with Gasteiger partial charge >= 0.3 is 0 Å². The second-order valence-electron chi connectivity index (χ2n) is 8.54. The SMILES string of the molecule is CCN(CC)c1ccc(C2/C(=C(/O)c3ccc(Cl)c(Cl)c3)C(=O)C(=O)N2CCCN(C)C)cc1. The van der Waals surface area contributed by atoms with E-state index in [0.29, 0.717) is 23.6 Å². The molecule has 1 N–H and O–H groups in total. The van der Waals surface area contributed by atoms with Crippen molar-refractivity contribution in [3.05, 3.63) is 69.2 Å². The van der Waals surface area contributed by atoms with Gasteiger partial charge in [0.15, 0.2) is 0 Å².